The van der Waals surface area contributed by atoms with Gasteiger partial charge in [0.2, 0.25) is 0 Å². The van der Waals surface area contributed by atoms with Crippen molar-refractivity contribution in [2.45, 2.75) is 6.54 Å². The maximum Gasteiger partial charge on any atom is 0.189 e. The van der Waals surface area contributed by atoms with E-state index in [-0.39, 0.29) is 0 Å². The molecule has 0 fully saturated rings. The Labute approximate surface area is 105 Å². The number of hydrogen-bond acceptors (Lipinski definition) is 5. The molecular formula is C12H15N3OS. The van der Waals surface area contributed by atoms with Crippen molar-refractivity contribution in [3.8, 4) is 5.75 Å². The number of ether oxygens (including phenoxy) is 1. The zero-order valence-corrected chi connectivity index (χ0v) is 10.7. The minimum Gasteiger partial charge on any atom is -0.497 e. The Morgan fingerprint density at radius 1 is 1.35 bits per heavy atom. The Morgan fingerprint density at radius 3 is 2.59 bits per heavy atom. The number of hydrogen-bond donors (Lipinski definition) is 1. The highest BCUT2D eigenvalue weighted by Gasteiger charge is 2.08. The summed E-state index contributed by atoms with van der Waals surface area (Å²) in [6.07, 6.45) is 0. The molecule has 1 aromatic carbocycles. The van der Waals surface area contributed by atoms with Gasteiger partial charge in [-0.05, 0) is 24.3 Å². The third-order valence-corrected chi connectivity index (χ3v) is 3.46. The first-order valence-electron chi connectivity index (χ1n) is 5.27. The van der Waals surface area contributed by atoms with E-state index < -0.39 is 0 Å². The number of nitrogens with two attached hydrogens (primary N) is 1. The van der Waals surface area contributed by atoms with Crippen molar-refractivity contribution in [1.82, 2.24) is 4.98 Å². The van der Waals surface area contributed by atoms with Crippen molar-refractivity contribution in [2.24, 2.45) is 5.73 Å². The van der Waals surface area contributed by atoms with Crippen molar-refractivity contribution in [3.05, 3.63) is 35.3 Å². The van der Waals surface area contributed by atoms with Crippen LogP contribution in [0.1, 0.15) is 5.69 Å². The van der Waals surface area contributed by atoms with E-state index in [1.807, 2.05) is 41.6 Å². The summed E-state index contributed by atoms with van der Waals surface area (Å²) in [6, 6.07) is 7.87. The van der Waals surface area contributed by atoms with Gasteiger partial charge in [-0.2, -0.15) is 0 Å². The molecule has 0 unspecified atom stereocenters. The summed E-state index contributed by atoms with van der Waals surface area (Å²) in [7, 11) is 3.65. The highest BCUT2D eigenvalue weighted by molar-refractivity contribution is 7.13. The lowest BCUT2D eigenvalue weighted by molar-refractivity contribution is 0.415. The van der Waals surface area contributed by atoms with Gasteiger partial charge in [-0.15, -0.1) is 11.3 Å². The number of nitrogens with zero attached hydrogens (tertiary/aromatic N) is 2. The molecule has 4 nitrogen and oxygen atoms in total. The Balaban J connectivity index is 2.20. The molecule has 0 spiro atoms. The van der Waals surface area contributed by atoms with Crippen LogP contribution in [0.2, 0.25) is 0 Å². The second-order valence-corrected chi connectivity index (χ2v) is 4.42. The minimum atomic E-state index is 0.479. The van der Waals surface area contributed by atoms with Crippen molar-refractivity contribution < 1.29 is 4.74 Å². The molecule has 2 aromatic rings. The average Bonchev–Trinajstić information content (AvgIpc) is 2.87. The number of aromatic nitrogens is 1. The van der Waals surface area contributed by atoms with Crippen LogP contribution in [0.3, 0.4) is 0 Å². The summed E-state index contributed by atoms with van der Waals surface area (Å²) < 4.78 is 5.13. The predicted octanol–water partition coefficient (Wildman–Crippen LogP) is 2.38. The van der Waals surface area contributed by atoms with Crippen molar-refractivity contribution >= 4 is 22.2 Å². The molecule has 17 heavy (non-hydrogen) atoms. The first-order valence-corrected chi connectivity index (χ1v) is 6.15. The molecule has 0 aliphatic carbocycles. The fourth-order valence-corrected chi connectivity index (χ4v) is 2.28. The van der Waals surface area contributed by atoms with E-state index in [1.54, 1.807) is 18.4 Å². The second kappa shape index (κ2) is 5.16. The van der Waals surface area contributed by atoms with Crippen molar-refractivity contribution in [1.29, 1.82) is 0 Å². The van der Waals surface area contributed by atoms with Gasteiger partial charge in [0.25, 0.3) is 0 Å². The first kappa shape index (κ1) is 11.9. The van der Waals surface area contributed by atoms with Crippen LogP contribution in [0.25, 0.3) is 0 Å². The van der Waals surface area contributed by atoms with Crippen LogP contribution >= 0.6 is 11.3 Å². The Bertz CT molecular complexity index is 481. The third kappa shape index (κ3) is 2.57. The molecule has 0 bridgehead atoms. The molecule has 1 aromatic heterocycles. The van der Waals surface area contributed by atoms with Crippen LogP contribution in [-0.2, 0) is 6.54 Å². The lowest BCUT2D eigenvalue weighted by atomic mass is 10.3. The second-order valence-electron chi connectivity index (χ2n) is 3.58. The zero-order chi connectivity index (χ0) is 12.3. The third-order valence-electron chi connectivity index (χ3n) is 2.50. The van der Waals surface area contributed by atoms with E-state index >= 15 is 0 Å². The molecule has 0 radical (unpaired) electrons. The highest BCUT2D eigenvalue weighted by Crippen LogP contribution is 2.27. The summed E-state index contributed by atoms with van der Waals surface area (Å²) >= 11 is 1.59. The SMILES string of the molecule is COc1ccc(N(C)c2nc(CN)cs2)cc1. The Kier molecular flexibility index (Phi) is 3.61. The van der Waals surface area contributed by atoms with Gasteiger partial charge in [-0.1, -0.05) is 0 Å². The summed E-state index contributed by atoms with van der Waals surface area (Å²) in [4.78, 5) is 6.47. The molecular weight excluding hydrogens is 234 g/mol. The molecule has 0 atom stereocenters. The standard InChI is InChI=1S/C12H15N3OS/c1-15(12-14-9(7-13)8-17-12)10-3-5-11(16-2)6-4-10/h3-6,8H,7,13H2,1-2H3. The molecule has 5 heteroatoms. The Hall–Kier alpha value is -1.59. The van der Waals surface area contributed by atoms with Gasteiger partial charge in [0, 0.05) is 24.7 Å². The predicted molar refractivity (Wildman–Crippen MR) is 71.1 cm³/mol. The fourth-order valence-electron chi connectivity index (χ4n) is 1.46. The van der Waals surface area contributed by atoms with Gasteiger partial charge >= 0.3 is 0 Å². The molecule has 0 saturated carbocycles. The maximum atomic E-state index is 5.55. The van der Waals surface area contributed by atoms with Crippen LogP contribution in [0.15, 0.2) is 29.6 Å². The van der Waals surface area contributed by atoms with Gasteiger partial charge in [-0.3, -0.25) is 0 Å². The number of thiazole rings is 1. The summed E-state index contributed by atoms with van der Waals surface area (Å²) in [5.74, 6) is 0.851. The average molecular weight is 249 g/mol. The fraction of sp³-hybridized carbons (Fsp3) is 0.250. The van der Waals surface area contributed by atoms with Gasteiger partial charge in [0.1, 0.15) is 5.75 Å². The first-order chi connectivity index (χ1) is 8.24. The number of methoxy groups -OCH3 is 1. The normalized spacial score (nSPS) is 10.3. The van der Waals surface area contributed by atoms with Crippen LogP contribution in [0.4, 0.5) is 10.8 Å². The molecule has 0 amide bonds. The summed E-state index contributed by atoms with van der Waals surface area (Å²) in [6.45, 7) is 0.479. The van der Waals surface area contributed by atoms with Crippen molar-refractivity contribution in [2.75, 3.05) is 19.1 Å². The zero-order valence-electron chi connectivity index (χ0n) is 9.88. The number of rotatable bonds is 4. The monoisotopic (exact) mass is 249 g/mol. The van der Waals surface area contributed by atoms with Gasteiger partial charge < -0.3 is 15.4 Å². The van der Waals surface area contributed by atoms with E-state index in [2.05, 4.69) is 4.98 Å². The van der Waals surface area contributed by atoms with Crippen LogP contribution in [0, 0.1) is 0 Å². The van der Waals surface area contributed by atoms with Gasteiger partial charge in [-0.25, -0.2) is 4.98 Å². The molecule has 0 aliphatic heterocycles. The lowest BCUT2D eigenvalue weighted by Gasteiger charge is -2.16. The molecule has 1 heterocycles. The van der Waals surface area contributed by atoms with E-state index in [0.717, 1.165) is 22.3 Å². The number of anilines is 2. The van der Waals surface area contributed by atoms with Crippen LogP contribution in [0.5, 0.6) is 5.75 Å². The molecule has 0 aliphatic rings. The largest absolute Gasteiger partial charge is 0.497 e. The van der Waals surface area contributed by atoms with E-state index in [9.17, 15) is 0 Å². The highest BCUT2D eigenvalue weighted by atomic mass is 32.1. The quantitative estimate of drug-likeness (QED) is 0.904. The van der Waals surface area contributed by atoms with Crippen LogP contribution < -0.4 is 15.4 Å². The summed E-state index contributed by atoms with van der Waals surface area (Å²) in [5, 5.41) is 2.92. The maximum absolute atomic E-state index is 5.55. The van der Waals surface area contributed by atoms with Crippen molar-refractivity contribution in [3.63, 3.8) is 0 Å². The van der Waals surface area contributed by atoms with E-state index in [1.165, 1.54) is 0 Å². The topological polar surface area (TPSA) is 51.4 Å². The van der Waals surface area contributed by atoms with Gasteiger partial charge in [0.15, 0.2) is 5.13 Å². The minimum absolute atomic E-state index is 0.479. The molecule has 2 rings (SSSR count). The number of benzene rings is 1. The lowest BCUT2D eigenvalue weighted by Crippen LogP contribution is -2.09. The van der Waals surface area contributed by atoms with Crippen LogP contribution in [-0.4, -0.2) is 19.1 Å². The molecule has 90 valence electrons. The summed E-state index contributed by atoms with van der Waals surface area (Å²) in [5.41, 5.74) is 7.54. The van der Waals surface area contributed by atoms with Gasteiger partial charge in [0.05, 0.1) is 12.8 Å². The molecule has 0 saturated heterocycles. The molecule has 2 N–H and O–H groups in total. The van der Waals surface area contributed by atoms with E-state index in [4.69, 9.17) is 10.5 Å². The Morgan fingerprint density at radius 2 is 2.06 bits per heavy atom. The smallest absolute Gasteiger partial charge is 0.189 e. The van der Waals surface area contributed by atoms with E-state index in [0.29, 0.717) is 6.54 Å².